The number of rotatable bonds is 9. The van der Waals surface area contributed by atoms with Gasteiger partial charge in [-0.1, -0.05) is 26.0 Å². The second-order valence-electron chi connectivity index (χ2n) is 3.17. The summed E-state index contributed by atoms with van der Waals surface area (Å²) in [6.07, 6.45) is 4.01. The molecule has 5 heteroatoms. The molecular formula is C15H21O4P. The summed E-state index contributed by atoms with van der Waals surface area (Å²) < 4.78 is 16.2. The van der Waals surface area contributed by atoms with Gasteiger partial charge in [0.2, 0.25) is 0 Å². The molecule has 0 aliphatic rings. The van der Waals surface area contributed by atoms with Crippen LogP contribution in [0.4, 0.5) is 0 Å². The average Bonchev–Trinajstić information content (AvgIpc) is 2.52. The summed E-state index contributed by atoms with van der Waals surface area (Å²) in [5.41, 5.74) is 0.589. The van der Waals surface area contributed by atoms with E-state index in [2.05, 4.69) is 13.2 Å². The monoisotopic (exact) mass is 296 g/mol. The molecule has 0 bridgehead atoms. The fourth-order valence-electron chi connectivity index (χ4n) is 1.01. The van der Waals surface area contributed by atoms with Crippen LogP contribution in [0.1, 0.15) is 24.2 Å². The summed E-state index contributed by atoms with van der Waals surface area (Å²) in [7, 11) is -1.49. The van der Waals surface area contributed by atoms with Crippen LogP contribution in [-0.2, 0) is 9.05 Å². The molecule has 20 heavy (non-hydrogen) atoms. The quantitative estimate of drug-likeness (QED) is 0.381. The van der Waals surface area contributed by atoms with Crippen LogP contribution < -0.4 is 4.52 Å². The van der Waals surface area contributed by atoms with Gasteiger partial charge in [0.25, 0.3) is 0 Å². The van der Waals surface area contributed by atoms with Gasteiger partial charge in [-0.05, 0) is 24.3 Å². The van der Waals surface area contributed by atoms with E-state index in [0.717, 1.165) is 6.29 Å². The Bertz CT molecular complexity index is 377. The maximum Gasteiger partial charge on any atom is 0.397 e. The zero-order chi connectivity index (χ0) is 15.2. The Kier molecular flexibility index (Phi) is 11.6. The molecule has 110 valence electrons. The Hall–Kier alpha value is -1.48. The molecule has 0 atom stereocenters. The summed E-state index contributed by atoms with van der Waals surface area (Å²) in [5, 5.41) is 0. The number of benzene rings is 1. The molecule has 1 rings (SSSR count). The predicted molar refractivity (Wildman–Crippen MR) is 83.0 cm³/mol. The molecule has 0 amide bonds. The SMILES string of the molecule is C=CCOP(OCC=C)Oc1ccc(C=O)cc1.CC. The smallest absolute Gasteiger partial charge is 0.397 e. The van der Waals surface area contributed by atoms with E-state index in [1.807, 2.05) is 13.8 Å². The lowest BCUT2D eigenvalue weighted by Crippen LogP contribution is -1.98. The molecule has 0 aliphatic heterocycles. The Balaban J connectivity index is 0.00000172. The average molecular weight is 296 g/mol. The highest BCUT2D eigenvalue weighted by atomic mass is 31.2. The van der Waals surface area contributed by atoms with Gasteiger partial charge in [0.15, 0.2) is 0 Å². The maximum atomic E-state index is 10.5. The van der Waals surface area contributed by atoms with Crippen LogP contribution in [0.2, 0.25) is 0 Å². The number of hydrogen-bond donors (Lipinski definition) is 0. The third-order valence-electron chi connectivity index (χ3n) is 1.79. The first kappa shape index (κ1) is 18.5. The highest BCUT2D eigenvalue weighted by Gasteiger charge is 2.13. The van der Waals surface area contributed by atoms with Crippen LogP contribution in [0, 0.1) is 0 Å². The van der Waals surface area contributed by atoms with E-state index < -0.39 is 8.60 Å². The van der Waals surface area contributed by atoms with E-state index in [0.29, 0.717) is 24.5 Å². The van der Waals surface area contributed by atoms with E-state index >= 15 is 0 Å². The number of hydrogen-bond acceptors (Lipinski definition) is 4. The molecule has 0 heterocycles. The van der Waals surface area contributed by atoms with E-state index in [-0.39, 0.29) is 0 Å². The predicted octanol–water partition coefficient (Wildman–Crippen LogP) is 4.54. The van der Waals surface area contributed by atoms with Gasteiger partial charge in [0.05, 0.1) is 13.2 Å². The van der Waals surface area contributed by atoms with Crippen LogP contribution in [-0.4, -0.2) is 19.5 Å². The topological polar surface area (TPSA) is 44.8 Å². The minimum atomic E-state index is -1.49. The summed E-state index contributed by atoms with van der Waals surface area (Å²) >= 11 is 0. The summed E-state index contributed by atoms with van der Waals surface area (Å²) in [5.74, 6) is 0.583. The van der Waals surface area contributed by atoms with E-state index in [1.165, 1.54) is 0 Å². The van der Waals surface area contributed by atoms with E-state index in [4.69, 9.17) is 13.6 Å². The molecule has 0 N–H and O–H groups in total. The highest BCUT2D eigenvalue weighted by molar-refractivity contribution is 7.42. The van der Waals surface area contributed by atoms with Crippen molar-refractivity contribution in [3.8, 4) is 5.75 Å². The molecule has 0 unspecified atom stereocenters. The summed E-state index contributed by atoms with van der Waals surface area (Å²) in [4.78, 5) is 10.5. The summed E-state index contributed by atoms with van der Waals surface area (Å²) in [6.45, 7) is 11.8. The molecule has 0 aliphatic carbocycles. The van der Waals surface area contributed by atoms with Crippen molar-refractivity contribution in [2.45, 2.75) is 13.8 Å². The second-order valence-corrected chi connectivity index (χ2v) is 4.32. The van der Waals surface area contributed by atoms with Crippen molar-refractivity contribution in [1.29, 1.82) is 0 Å². The lowest BCUT2D eigenvalue weighted by atomic mass is 10.2. The van der Waals surface area contributed by atoms with Gasteiger partial charge < -0.3 is 4.52 Å². The Labute approximate surface area is 122 Å². The maximum absolute atomic E-state index is 10.5. The van der Waals surface area contributed by atoms with Crippen molar-refractivity contribution >= 4 is 14.9 Å². The van der Waals surface area contributed by atoms with E-state index in [1.54, 1.807) is 36.4 Å². The van der Waals surface area contributed by atoms with Gasteiger partial charge >= 0.3 is 8.60 Å². The fraction of sp³-hybridized carbons (Fsp3) is 0.267. The first-order valence-electron chi connectivity index (χ1n) is 6.31. The van der Waals surface area contributed by atoms with Crippen LogP contribution in [0.15, 0.2) is 49.6 Å². The standard InChI is InChI=1S/C13H15O4P.C2H6/c1-3-9-15-18(16-10-4-2)17-13-7-5-12(11-14)6-8-13;1-2/h3-8,11H,1-2,9-10H2;1-2H3. The zero-order valence-corrected chi connectivity index (χ0v) is 12.8. The van der Waals surface area contributed by atoms with Crippen molar-refractivity contribution in [3.63, 3.8) is 0 Å². The van der Waals surface area contributed by atoms with Gasteiger partial charge in [-0.2, -0.15) is 0 Å². The first-order chi connectivity index (χ1) is 9.80. The molecule has 0 fully saturated rings. The molecular weight excluding hydrogens is 275 g/mol. The second kappa shape index (κ2) is 12.5. The van der Waals surface area contributed by atoms with Crippen molar-refractivity contribution in [2.75, 3.05) is 13.2 Å². The van der Waals surface area contributed by atoms with Crippen LogP contribution in [0.25, 0.3) is 0 Å². The Morgan fingerprint density at radius 3 is 1.95 bits per heavy atom. The molecule has 0 aromatic heterocycles. The van der Waals surface area contributed by atoms with Gasteiger partial charge in [-0.3, -0.25) is 13.8 Å². The third kappa shape index (κ3) is 7.85. The van der Waals surface area contributed by atoms with Crippen LogP contribution in [0.3, 0.4) is 0 Å². The van der Waals surface area contributed by atoms with Crippen molar-refractivity contribution in [1.82, 2.24) is 0 Å². The number of aldehydes is 1. The van der Waals surface area contributed by atoms with Gasteiger partial charge in [-0.15, -0.1) is 13.2 Å². The molecule has 1 aromatic carbocycles. The molecule has 4 nitrogen and oxygen atoms in total. The lowest BCUT2D eigenvalue weighted by Gasteiger charge is -2.15. The Morgan fingerprint density at radius 2 is 1.55 bits per heavy atom. The van der Waals surface area contributed by atoms with Crippen LogP contribution in [0.5, 0.6) is 5.75 Å². The molecule has 0 saturated carbocycles. The lowest BCUT2D eigenvalue weighted by molar-refractivity contribution is 0.112. The molecule has 0 spiro atoms. The van der Waals surface area contributed by atoms with Crippen molar-refractivity contribution in [3.05, 3.63) is 55.1 Å². The van der Waals surface area contributed by atoms with Crippen LogP contribution >= 0.6 is 8.60 Å². The minimum Gasteiger partial charge on any atom is -0.427 e. The van der Waals surface area contributed by atoms with Crippen molar-refractivity contribution in [2.24, 2.45) is 0 Å². The molecule has 1 aromatic rings. The Morgan fingerprint density at radius 1 is 1.05 bits per heavy atom. The normalized spacial score (nSPS) is 9.35. The molecule has 0 radical (unpaired) electrons. The van der Waals surface area contributed by atoms with Gasteiger partial charge in [-0.25, -0.2) is 0 Å². The fourth-order valence-corrected chi connectivity index (χ4v) is 1.94. The largest absolute Gasteiger partial charge is 0.427 e. The van der Waals surface area contributed by atoms with Crippen molar-refractivity contribution < 1.29 is 18.4 Å². The minimum absolute atomic E-state index is 0.343. The summed E-state index contributed by atoms with van der Waals surface area (Å²) in [6, 6.07) is 6.70. The zero-order valence-electron chi connectivity index (χ0n) is 12.0. The van der Waals surface area contributed by atoms with Gasteiger partial charge in [0, 0.05) is 5.56 Å². The molecule has 0 saturated heterocycles. The first-order valence-corrected chi connectivity index (χ1v) is 7.40. The number of carbonyl (C=O) groups excluding carboxylic acids is 1. The van der Waals surface area contributed by atoms with Gasteiger partial charge in [0.1, 0.15) is 12.0 Å². The highest BCUT2D eigenvalue weighted by Crippen LogP contribution is 2.40. The van der Waals surface area contributed by atoms with E-state index in [9.17, 15) is 4.79 Å². The number of carbonyl (C=O) groups is 1. The third-order valence-corrected chi connectivity index (χ3v) is 2.87.